The quantitative estimate of drug-likeness (QED) is 0.723. The Morgan fingerprint density at radius 3 is 2.57 bits per heavy atom. The summed E-state index contributed by atoms with van der Waals surface area (Å²) >= 11 is 1.02. The van der Waals surface area contributed by atoms with Crippen LogP contribution in [-0.2, 0) is 9.53 Å². The Morgan fingerprint density at radius 1 is 1.33 bits per heavy atom. The molecule has 1 rings (SSSR count). The molecule has 0 unspecified atom stereocenters. The van der Waals surface area contributed by atoms with Crippen molar-refractivity contribution in [3.63, 3.8) is 0 Å². The monoisotopic (exact) mass is 314 g/mol. The van der Waals surface area contributed by atoms with Crippen LogP contribution in [0.2, 0.25) is 0 Å². The van der Waals surface area contributed by atoms with E-state index in [1.165, 1.54) is 6.07 Å². The number of anilines is 1. The molecule has 0 spiro atoms. The van der Waals surface area contributed by atoms with Crippen LogP contribution in [0.1, 0.15) is 36.9 Å². The first-order valence-electron chi connectivity index (χ1n) is 6.26. The molecule has 0 aliphatic carbocycles. The predicted octanol–water partition coefficient (Wildman–Crippen LogP) is 2.30. The summed E-state index contributed by atoms with van der Waals surface area (Å²) in [5.74, 6) is -1.52. The fourth-order valence-corrected chi connectivity index (χ4v) is 2.10. The number of urea groups is 1. The summed E-state index contributed by atoms with van der Waals surface area (Å²) in [5, 5.41) is 15.4. The van der Waals surface area contributed by atoms with Crippen LogP contribution in [0.5, 0.6) is 0 Å². The minimum absolute atomic E-state index is 0.0418. The van der Waals surface area contributed by atoms with Gasteiger partial charge in [-0.2, -0.15) is 0 Å². The number of carbonyl (C=O) groups is 3. The molecule has 0 saturated carbocycles. The van der Waals surface area contributed by atoms with E-state index in [1.807, 2.05) is 0 Å². The van der Waals surface area contributed by atoms with E-state index in [9.17, 15) is 14.4 Å². The first-order chi connectivity index (χ1) is 9.69. The minimum atomic E-state index is -1.10. The third-order valence-electron chi connectivity index (χ3n) is 2.14. The topological polar surface area (TPSA) is 105 Å². The molecule has 21 heavy (non-hydrogen) atoms. The second kappa shape index (κ2) is 7.07. The van der Waals surface area contributed by atoms with Crippen LogP contribution in [0.3, 0.4) is 0 Å². The van der Waals surface area contributed by atoms with Crippen molar-refractivity contribution in [2.75, 3.05) is 11.9 Å². The molecule has 2 amide bonds. The highest BCUT2D eigenvalue weighted by atomic mass is 32.1. The summed E-state index contributed by atoms with van der Waals surface area (Å²) in [4.78, 5) is 34.0. The van der Waals surface area contributed by atoms with Crippen molar-refractivity contribution in [3.05, 3.63) is 16.3 Å². The van der Waals surface area contributed by atoms with Crippen molar-refractivity contribution in [3.8, 4) is 0 Å². The zero-order chi connectivity index (χ0) is 16.0. The van der Waals surface area contributed by atoms with E-state index in [-0.39, 0.29) is 23.5 Å². The number of rotatable bonds is 5. The SMILES string of the molecule is CC(C)(C)OC(=O)CCNC(=O)Nc1ccsc1C(=O)O. The molecule has 1 aromatic heterocycles. The van der Waals surface area contributed by atoms with E-state index in [4.69, 9.17) is 9.84 Å². The Bertz CT molecular complexity index is 533. The number of nitrogens with one attached hydrogen (secondary N) is 2. The number of carboxylic acids is 1. The Morgan fingerprint density at radius 2 is 2.00 bits per heavy atom. The summed E-state index contributed by atoms with van der Waals surface area (Å²) in [5.41, 5.74) is -0.339. The van der Waals surface area contributed by atoms with Crippen molar-refractivity contribution in [1.29, 1.82) is 0 Å². The van der Waals surface area contributed by atoms with Crippen LogP contribution in [0.25, 0.3) is 0 Å². The van der Waals surface area contributed by atoms with Crippen molar-refractivity contribution >= 4 is 35.0 Å². The van der Waals surface area contributed by atoms with Gasteiger partial charge < -0.3 is 20.5 Å². The maximum Gasteiger partial charge on any atom is 0.348 e. The number of carboxylic acid groups (broad SMARTS) is 1. The summed E-state index contributed by atoms with van der Waals surface area (Å²) in [6.45, 7) is 5.38. The highest BCUT2D eigenvalue weighted by molar-refractivity contribution is 7.12. The lowest BCUT2D eigenvalue weighted by atomic mass is 10.2. The molecule has 116 valence electrons. The molecule has 8 heteroatoms. The van der Waals surface area contributed by atoms with E-state index in [0.717, 1.165) is 11.3 Å². The van der Waals surface area contributed by atoms with Crippen molar-refractivity contribution in [2.24, 2.45) is 0 Å². The third-order valence-corrected chi connectivity index (χ3v) is 3.04. The second-order valence-electron chi connectivity index (χ2n) is 5.19. The van der Waals surface area contributed by atoms with Crippen molar-refractivity contribution in [1.82, 2.24) is 5.32 Å². The Balaban J connectivity index is 2.36. The third kappa shape index (κ3) is 6.26. The maximum absolute atomic E-state index is 11.6. The molecular formula is C13H18N2O5S. The maximum atomic E-state index is 11.6. The molecular weight excluding hydrogens is 296 g/mol. The molecule has 7 nitrogen and oxygen atoms in total. The highest BCUT2D eigenvalue weighted by Crippen LogP contribution is 2.21. The van der Waals surface area contributed by atoms with Gasteiger partial charge in [0.15, 0.2) is 0 Å². The number of thiophene rings is 1. The van der Waals surface area contributed by atoms with E-state index >= 15 is 0 Å². The van der Waals surface area contributed by atoms with Gasteiger partial charge in [0.2, 0.25) is 0 Å². The number of ether oxygens (including phenoxy) is 1. The fraction of sp³-hybridized carbons (Fsp3) is 0.462. The molecule has 0 aliphatic heterocycles. The molecule has 1 heterocycles. The van der Waals surface area contributed by atoms with Crippen LogP contribution < -0.4 is 10.6 Å². The molecule has 0 atom stereocenters. The normalized spacial score (nSPS) is 10.8. The number of esters is 1. The summed E-state index contributed by atoms with van der Waals surface area (Å²) < 4.78 is 5.09. The molecule has 0 saturated heterocycles. The number of carbonyl (C=O) groups excluding carboxylic acids is 2. The van der Waals surface area contributed by atoms with Gasteiger partial charge in [-0.15, -0.1) is 11.3 Å². The van der Waals surface area contributed by atoms with Gasteiger partial charge >= 0.3 is 18.0 Å². The smallest absolute Gasteiger partial charge is 0.348 e. The Kier molecular flexibility index (Phi) is 5.71. The van der Waals surface area contributed by atoms with E-state index < -0.39 is 23.6 Å². The van der Waals surface area contributed by atoms with E-state index in [1.54, 1.807) is 26.2 Å². The average Bonchev–Trinajstić information content (AvgIpc) is 2.74. The van der Waals surface area contributed by atoms with Gasteiger partial charge in [0.1, 0.15) is 10.5 Å². The molecule has 0 aliphatic rings. The number of amides is 2. The second-order valence-corrected chi connectivity index (χ2v) is 6.10. The van der Waals surface area contributed by atoms with Gasteiger partial charge in [0.05, 0.1) is 12.1 Å². The number of aromatic carboxylic acids is 1. The molecule has 0 fully saturated rings. The minimum Gasteiger partial charge on any atom is -0.477 e. The summed E-state index contributed by atoms with van der Waals surface area (Å²) in [6.07, 6.45) is 0.0418. The van der Waals surface area contributed by atoms with Crippen LogP contribution in [-0.4, -0.2) is 35.2 Å². The average molecular weight is 314 g/mol. The first-order valence-corrected chi connectivity index (χ1v) is 7.14. The first kappa shape index (κ1) is 17.0. The van der Waals surface area contributed by atoms with Crippen molar-refractivity contribution < 1.29 is 24.2 Å². The van der Waals surface area contributed by atoms with Crippen LogP contribution in [0, 0.1) is 0 Å². The van der Waals surface area contributed by atoms with Gasteiger partial charge in [-0.05, 0) is 32.2 Å². The van der Waals surface area contributed by atoms with Gasteiger partial charge in [-0.25, -0.2) is 9.59 Å². The molecule has 0 bridgehead atoms. The predicted molar refractivity (Wildman–Crippen MR) is 78.8 cm³/mol. The van der Waals surface area contributed by atoms with Crippen LogP contribution in [0.4, 0.5) is 10.5 Å². The number of hydrogen-bond donors (Lipinski definition) is 3. The molecule has 3 N–H and O–H groups in total. The molecule has 0 radical (unpaired) electrons. The highest BCUT2D eigenvalue weighted by Gasteiger charge is 2.17. The molecule has 1 aromatic rings. The lowest BCUT2D eigenvalue weighted by Gasteiger charge is -2.19. The van der Waals surface area contributed by atoms with Crippen molar-refractivity contribution in [2.45, 2.75) is 32.8 Å². The summed E-state index contributed by atoms with van der Waals surface area (Å²) in [6, 6.07) is 0.932. The largest absolute Gasteiger partial charge is 0.477 e. The number of hydrogen-bond acceptors (Lipinski definition) is 5. The van der Waals surface area contributed by atoms with Gasteiger partial charge in [0.25, 0.3) is 0 Å². The van der Waals surface area contributed by atoms with E-state index in [2.05, 4.69) is 10.6 Å². The van der Waals surface area contributed by atoms with Gasteiger partial charge in [-0.1, -0.05) is 0 Å². The lowest BCUT2D eigenvalue weighted by Crippen LogP contribution is -2.32. The molecule has 0 aromatic carbocycles. The Hall–Kier alpha value is -2.09. The zero-order valence-electron chi connectivity index (χ0n) is 12.1. The van der Waals surface area contributed by atoms with Crippen LogP contribution in [0.15, 0.2) is 11.4 Å². The zero-order valence-corrected chi connectivity index (χ0v) is 12.9. The van der Waals surface area contributed by atoms with Gasteiger partial charge in [-0.3, -0.25) is 4.79 Å². The Labute approximate surface area is 126 Å². The standard InChI is InChI=1S/C13H18N2O5S/c1-13(2,3)20-9(16)4-6-14-12(19)15-8-5-7-21-10(8)11(17)18/h5,7H,4,6H2,1-3H3,(H,17,18)(H2,14,15,19). The summed E-state index contributed by atoms with van der Waals surface area (Å²) in [7, 11) is 0. The fourth-order valence-electron chi connectivity index (χ4n) is 1.41. The van der Waals surface area contributed by atoms with Crippen LogP contribution >= 0.6 is 11.3 Å². The lowest BCUT2D eigenvalue weighted by molar-refractivity contribution is -0.154. The van der Waals surface area contributed by atoms with E-state index in [0.29, 0.717) is 0 Å². The van der Waals surface area contributed by atoms with Gasteiger partial charge in [0, 0.05) is 6.54 Å².